The highest BCUT2D eigenvalue weighted by Crippen LogP contribution is 2.15. The highest BCUT2D eigenvalue weighted by atomic mass is 16.3. The Balaban J connectivity index is 3.63. The molecule has 0 aromatic heterocycles. The van der Waals surface area contributed by atoms with Crippen molar-refractivity contribution in [2.75, 3.05) is 6.61 Å². The number of hydrogen-bond donors (Lipinski definition) is 4. The minimum atomic E-state index is -0.747. The van der Waals surface area contributed by atoms with E-state index in [0.29, 0.717) is 12.8 Å². The van der Waals surface area contributed by atoms with E-state index in [9.17, 15) is 20.1 Å². The first-order chi connectivity index (χ1) is 22.5. The first-order valence-electron chi connectivity index (χ1n) is 20.5. The van der Waals surface area contributed by atoms with Crippen LogP contribution in [-0.2, 0) is 4.79 Å². The number of unbranched alkanes of at least 4 members (excludes halogenated alkanes) is 26. The Labute approximate surface area is 287 Å². The zero-order valence-corrected chi connectivity index (χ0v) is 31.0. The van der Waals surface area contributed by atoms with Crippen molar-refractivity contribution in [2.45, 2.75) is 238 Å². The Bertz CT molecular complexity index is 640. The van der Waals surface area contributed by atoms with Gasteiger partial charge in [0, 0.05) is 0 Å². The molecule has 0 saturated heterocycles. The number of carbonyl (C=O) groups is 1. The number of nitrogens with one attached hydrogen (secondary N) is 1. The predicted octanol–water partition coefficient (Wildman–Crippen LogP) is 11.3. The molecule has 4 N–H and O–H groups in total. The summed E-state index contributed by atoms with van der Waals surface area (Å²) < 4.78 is 0. The standard InChI is InChI=1S/C41H81NO4/c1-3-5-7-9-11-13-15-17-18-19-20-21-22-23-24-26-28-30-32-34-38(44)36-41(46)42-39(37-43)40(45)35-33-31-29-27-25-16-14-12-10-8-6-4-2/h21-22,38-40,43-45H,3-20,23-37H2,1-2H3,(H,42,46)/b22-21-. The third kappa shape index (κ3) is 33.0. The van der Waals surface area contributed by atoms with E-state index < -0.39 is 18.2 Å². The summed E-state index contributed by atoms with van der Waals surface area (Å²) in [6, 6.07) is -0.656. The SMILES string of the molecule is CCCCCCCCCCCC/C=C\CCCCCCCC(O)CC(=O)NC(CO)C(O)CCCCCCCCCCCCCC. The molecule has 0 aromatic rings. The lowest BCUT2D eigenvalue weighted by Gasteiger charge is -2.23. The van der Waals surface area contributed by atoms with Crippen molar-refractivity contribution in [3.05, 3.63) is 12.2 Å². The molecular formula is C41H81NO4. The quantitative estimate of drug-likeness (QED) is 0.0397. The van der Waals surface area contributed by atoms with Crippen LogP contribution in [0, 0.1) is 0 Å². The van der Waals surface area contributed by atoms with Gasteiger partial charge in [0.15, 0.2) is 0 Å². The van der Waals surface area contributed by atoms with E-state index in [1.165, 1.54) is 154 Å². The van der Waals surface area contributed by atoms with Gasteiger partial charge < -0.3 is 20.6 Å². The molecular weight excluding hydrogens is 570 g/mol. The van der Waals surface area contributed by atoms with Crippen molar-refractivity contribution in [1.82, 2.24) is 5.32 Å². The summed E-state index contributed by atoms with van der Waals surface area (Å²) in [6.45, 7) is 4.25. The van der Waals surface area contributed by atoms with Crippen molar-refractivity contribution in [3.63, 3.8) is 0 Å². The van der Waals surface area contributed by atoms with Gasteiger partial charge in [-0.05, 0) is 38.5 Å². The zero-order chi connectivity index (χ0) is 33.8. The van der Waals surface area contributed by atoms with Crippen LogP contribution in [0.2, 0.25) is 0 Å². The van der Waals surface area contributed by atoms with Crippen molar-refractivity contribution in [2.24, 2.45) is 0 Å². The molecule has 0 spiro atoms. The molecule has 3 atom stereocenters. The number of allylic oxidation sites excluding steroid dienone is 2. The molecule has 0 aliphatic carbocycles. The Kier molecular flexibility index (Phi) is 36.2. The molecule has 46 heavy (non-hydrogen) atoms. The smallest absolute Gasteiger partial charge is 0.222 e. The van der Waals surface area contributed by atoms with Crippen molar-refractivity contribution >= 4 is 5.91 Å². The second-order valence-corrected chi connectivity index (χ2v) is 14.2. The number of carbonyl (C=O) groups excluding carboxylic acids is 1. The average molecular weight is 652 g/mol. The molecule has 3 unspecified atom stereocenters. The topological polar surface area (TPSA) is 89.8 Å². The highest BCUT2D eigenvalue weighted by molar-refractivity contribution is 5.76. The molecule has 0 heterocycles. The zero-order valence-electron chi connectivity index (χ0n) is 31.0. The van der Waals surface area contributed by atoms with Crippen LogP contribution < -0.4 is 5.32 Å². The average Bonchev–Trinajstić information content (AvgIpc) is 3.05. The molecule has 5 nitrogen and oxygen atoms in total. The summed E-state index contributed by atoms with van der Waals surface area (Å²) in [6.07, 6.45) is 41.7. The monoisotopic (exact) mass is 652 g/mol. The minimum absolute atomic E-state index is 0.0334. The molecule has 0 fully saturated rings. The van der Waals surface area contributed by atoms with Gasteiger partial charge >= 0.3 is 0 Å². The highest BCUT2D eigenvalue weighted by Gasteiger charge is 2.21. The van der Waals surface area contributed by atoms with Gasteiger partial charge in [0.2, 0.25) is 5.91 Å². The van der Waals surface area contributed by atoms with E-state index >= 15 is 0 Å². The maximum atomic E-state index is 12.4. The van der Waals surface area contributed by atoms with Gasteiger partial charge in [-0.25, -0.2) is 0 Å². The number of hydrogen-bond acceptors (Lipinski definition) is 4. The van der Waals surface area contributed by atoms with Crippen LogP contribution >= 0.6 is 0 Å². The largest absolute Gasteiger partial charge is 0.394 e. The van der Waals surface area contributed by atoms with Crippen LogP contribution in [0.1, 0.15) is 219 Å². The van der Waals surface area contributed by atoms with Crippen LogP contribution in [0.25, 0.3) is 0 Å². The second-order valence-electron chi connectivity index (χ2n) is 14.2. The van der Waals surface area contributed by atoms with Gasteiger partial charge in [-0.15, -0.1) is 0 Å². The van der Waals surface area contributed by atoms with Gasteiger partial charge in [-0.1, -0.05) is 187 Å². The molecule has 0 aliphatic rings. The number of amides is 1. The molecule has 0 bridgehead atoms. The number of rotatable bonds is 37. The fraction of sp³-hybridized carbons (Fsp3) is 0.927. The van der Waals surface area contributed by atoms with E-state index in [-0.39, 0.29) is 18.9 Å². The lowest BCUT2D eigenvalue weighted by atomic mass is 10.0. The molecule has 274 valence electrons. The maximum Gasteiger partial charge on any atom is 0.222 e. The van der Waals surface area contributed by atoms with Gasteiger partial charge in [0.1, 0.15) is 0 Å². The van der Waals surface area contributed by atoms with Crippen molar-refractivity contribution in [3.8, 4) is 0 Å². The van der Waals surface area contributed by atoms with E-state index in [4.69, 9.17) is 0 Å². The van der Waals surface area contributed by atoms with Crippen LogP contribution in [0.5, 0.6) is 0 Å². The Morgan fingerprint density at radius 1 is 0.522 bits per heavy atom. The minimum Gasteiger partial charge on any atom is -0.394 e. The second kappa shape index (κ2) is 36.9. The maximum absolute atomic E-state index is 12.4. The molecule has 0 radical (unpaired) electrons. The first kappa shape index (κ1) is 45.1. The summed E-state index contributed by atoms with van der Waals surface area (Å²) in [7, 11) is 0. The third-order valence-corrected chi connectivity index (χ3v) is 9.58. The predicted molar refractivity (Wildman–Crippen MR) is 199 cm³/mol. The molecule has 1 amide bonds. The van der Waals surface area contributed by atoms with E-state index in [1.54, 1.807) is 0 Å². The van der Waals surface area contributed by atoms with Gasteiger partial charge in [-0.2, -0.15) is 0 Å². The summed E-state index contributed by atoms with van der Waals surface area (Å²) in [5.74, 6) is -0.287. The van der Waals surface area contributed by atoms with Gasteiger partial charge in [-0.3, -0.25) is 4.79 Å². The Hall–Kier alpha value is -0.910. The molecule has 5 heteroatoms. The lowest BCUT2D eigenvalue weighted by molar-refractivity contribution is -0.125. The van der Waals surface area contributed by atoms with Gasteiger partial charge in [0.25, 0.3) is 0 Å². The Morgan fingerprint density at radius 3 is 1.26 bits per heavy atom. The summed E-state index contributed by atoms with van der Waals surface area (Å²) >= 11 is 0. The summed E-state index contributed by atoms with van der Waals surface area (Å²) in [5, 5.41) is 33.3. The van der Waals surface area contributed by atoms with Crippen LogP contribution in [0.15, 0.2) is 12.2 Å². The molecule has 0 saturated carbocycles. The Morgan fingerprint density at radius 2 is 0.870 bits per heavy atom. The van der Waals surface area contributed by atoms with Crippen LogP contribution in [0.3, 0.4) is 0 Å². The summed E-state index contributed by atoms with van der Waals surface area (Å²) in [4.78, 5) is 12.4. The normalized spacial score (nSPS) is 13.8. The molecule has 0 aromatic carbocycles. The third-order valence-electron chi connectivity index (χ3n) is 9.58. The molecule has 0 aliphatic heterocycles. The number of aliphatic hydroxyl groups excluding tert-OH is 3. The van der Waals surface area contributed by atoms with Crippen molar-refractivity contribution in [1.29, 1.82) is 0 Å². The van der Waals surface area contributed by atoms with Gasteiger partial charge in [0.05, 0.1) is 31.3 Å². The van der Waals surface area contributed by atoms with Crippen molar-refractivity contribution < 1.29 is 20.1 Å². The fourth-order valence-corrected chi connectivity index (χ4v) is 6.40. The first-order valence-corrected chi connectivity index (χ1v) is 20.5. The van der Waals surface area contributed by atoms with Crippen LogP contribution in [0.4, 0.5) is 0 Å². The fourth-order valence-electron chi connectivity index (χ4n) is 6.40. The summed E-state index contributed by atoms with van der Waals surface area (Å²) in [5.41, 5.74) is 0. The molecule has 0 rings (SSSR count). The van der Waals surface area contributed by atoms with E-state index in [0.717, 1.165) is 32.1 Å². The lowest BCUT2D eigenvalue weighted by Crippen LogP contribution is -2.46. The van der Waals surface area contributed by atoms with E-state index in [2.05, 4.69) is 31.3 Å². The van der Waals surface area contributed by atoms with Crippen LogP contribution in [-0.4, -0.2) is 46.1 Å². The number of aliphatic hydroxyl groups is 3. The van der Waals surface area contributed by atoms with E-state index in [1.807, 2.05) is 0 Å².